The number of amides is 1. The van der Waals surface area contributed by atoms with Crippen LogP contribution in [0.15, 0.2) is 18.2 Å². The molecule has 5 heteroatoms. The van der Waals surface area contributed by atoms with Gasteiger partial charge in [0.1, 0.15) is 5.75 Å². The molecule has 0 spiro atoms. The third-order valence-corrected chi connectivity index (χ3v) is 3.99. The zero-order valence-corrected chi connectivity index (χ0v) is 11.2. The lowest BCUT2D eigenvalue weighted by Crippen LogP contribution is -2.28. The predicted molar refractivity (Wildman–Crippen MR) is 71.7 cm³/mol. The van der Waals surface area contributed by atoms with Crippen LogP contribution >= 0.6 is 0 Å². The van der Waals surface area contributed by atoms with Crippen molar-refractivity contribution >= 4 is 11.9 Å². The van der Waals surface area contributed by atoms with Crippen molar-refractivity contribution in [3.63, 3.8) is 0 Å². The topological polar surface area (TPSA) is 66.8 Å². The highest BCUT2D eigenvalue weighted by molar-refractivity contribution is 5.86. The van der Waals surface area contributed by atoms with Gasteiger partial charge in [-0.1, -0.05) is 12.1 Å². The van der Waals surface area contributed by atoms with E-state index in [2.05, 4.69) is 6.07 Å². The van der Waals surface area contributed by atoms with E-state index < -0.39 is 11.9 Å². The minimum absolute atomic E-state index is 0.0538. The molecule has 0 aliphatic carbocycles. The molecule has 1 atom stereocenters. The van der Waals surface area contributed by atoms with Gasteiger partial charge in [0.25, 0.3) is 0 Å². The number of hydrogen-bond donors (Lipinski definition) is 1. The number of benzene rings is 1. The summed E-state index contributed by atoms with van der Waals surface area (Å²) in [5.41, 5.74) is 2.39. The number of ether oxygens (including phenoxy) is 1. The zero-order valence-electron chi connectivity index (χ0n) is 11.2. The number of carboxylic acid groups (broad SMARTS) is 1. The van der Waals surface area contributed by atoms with Crippen molar-refractivity contribution in [2.24, 2.45) is 5.92 Å². The van der Waals surface area contributed by atoms with Gasteiger partial charge in [0, 0.05) is 25.9 Å². The minimum atomic E-state index is -0.879. The Morgan fingerprint density at radius 2 is 2.30 bits per heavy atom. The van der Waals surface area contributed by atoms with E-state index in [9.17, 15) is 9.59 Å². The SMILES string of the molecule is O=C(O)C1CC(=O)N(CCc2ccc3c(c2)CCO3)C1. The molecule has 3 rings (SSSR count). The fourth-order valence-corrected chi connectivity index (χ4v) is 2.81. The van der Waals surface area contributed by atoms with Crippen LogP contribution in [0.5, 0.6) is 5.75 Å². The predicted octanol–water partition coefficient (Wildman–Crippen LogP) is 1.10. The third kappa shape index (κ3) is 2.48. The number of carbonyl (C=O) groups excluding carboxylic acids is 1. The molecule has 106 valence electrons. The monoisotopic (exact) mass is 275 g/mol. The summed E-state index contributed by atoms with van der Waals surface area (Å²) in [4.78, 5) is 24.3. The second-order valence-corrected chi connectivity index (χ2v) is 5.37. The molecule has 1 N–H and O–H groups in total. The van der Waals surface area contributed by atoms with Gasteiger partial charge in [-0.3, -0.25) is 9.59 Å². The number of rotatable bonds is 4. The molecule has 0 saturated carbocycles. The summed E-state index contributed by atoms with van der Waals surface area (Å²) >= 11 is 0. The van der Waals surface area contributed by atoms with Crippen molar-refractivity contribution in [3.05, 3.63) is 29.3 Å². The average molecular weight is 275 g/mol. The molecule has 5 nitrogen and oxygen atoms in total. The maximum atomic E-state index is 11.7. The van der Waals surface area contributed by atoms with E-state index in [0.29, 0.717) is 13.1 Å². The number of nitrogens with zero attached hydrogens (tertiary/aromatic N) is 1. The largest absolute Gasteiger partial charge is 0.493 e. The molecule has 1 saturated heterocycles. The molecule has 1 aromatic carbocycles. The number of aliphatic carboxylic acids is 1. The number of carboxylic acids is 1. The second-order valence-electron chi connectivity index (χ2n) is 5.37. The first-order chi connectivity index (χ1) is 9.63. The van der Waals surface area contributed by atoms with Gasteiger partial charge in [0.2, 0.25) is 5.91 Å². The molecule has 20 heavy (non-hydrogen) atoms. The molecule has 0 radical (unpaired) electrons. The molecule has 0 aromatic heterocycles. The highest BCUT2D eigenvalue weighted by Gasteiger charge is 2.33. The zero-order chi connectivity index (χ0) is 14.1. The van der Waals surface area contributed by atoms with Gasteiger partial charge >= 0.3 is 5.97 Å². The molecular formula is C15H17NO4. The second kappa shape index (κ2) is 5.15. The third-order valence-electron chi connectivity index (χ3n) is 3.99. The summed E-state index contributed by atoms with van der Waals surface area (Å²) in [6, 6.07) is 6.11. The maximum Gasteiger partial charge on any atom is 0.308 e. The number of hydrogen-bond acceptors (Lipinski definition) is 3. The van der Waals surface area contributed by atoms with Crippen LogP contribution in [0.1, 0.15) is 17.5 Å². The molecule has 1 aromatic rings. The van der Waals surface area contributed by atoms with E-state index in [-0.39, 0.29) is 12.3 Å². The quantitative estimate of drug-likeness (QED) is 0.893. The van der Waals surface area contributed by atoms with Crippen LogP contribution < -0.4 is 4.74 Å². The van der Waals surface area contributed by atoms with Crippen molar-refractivity contribution in [1.29, 1.82) is 0 Å². The Bertz CT molecular complexity index is 555. The average Bonchev–Trinajstić information content (AvgIpc) is 3.02. The van der Waals surface area contributed by atoms with Gasteiger partial charge in [0.05, 0.1) is 12.5 Å². The molecule has 1 amide bonds. The van der Waals surface area contributed by atoms with Crippen LogP contribution in [-0.2, 0) is 22.4 Å². The van der Waals surface area contributed by atoms with Crippen molar-refractivity contribution in [3.8, 4) is 5.75 Å². The molecule has 2 heterocycles. The van der Waals surface area contributed by atoms with E-state index in [1.165, 1.54) is 11.1 Å². The summed E-state index contributed by atoms with van der Waals surface area (Å²) < 4.78 is 5.46. The molecule has 0 bridgehead atoms. The van der Waals surface area contributed by atoms with Gasteiger partial charge < -0.3 is 14.7 Å². The Morgan fingerprint density at radius 1 is 1.45 bits per heavy atom. The first-order valence-electron chi connectivity index (χ1n) is 6.88. The van der Waals surface area contributed by atoms with Crippen LogP contribution in [0.3, 0.4) is 0 Å². The molecule has 2 aliphatic rings. The van der Waals surface area contributed by atoms with Crippen molar-refractivity contribution in [2.75, 3.05) is 19.7 Å². The number of fused-ring (bicyclic) bond motifs is 1. The van der Waals surface area contributed by atoms with Crippen LogP contribution in [0.4, 0.5) is 0 Å². The highest BCUT2D eigenvalue weighted by atomic mass is 16.5. The van der Waals surface area contributed by atoms with Crippen LogP contribution in [-0.4, -0.2) is 41.6 Å². The molecule has 2 aliphatic heterocycles. The minimum Gasteiger partial charge on any atom is -0.493 e. The van der Waals surface area contributed by atoms with E-state index in [0.717, 1.165) is 25.2 Å². The first kappa shape index (κ1) is 13.0. The van der Waals surface area contributed by atoms with E-state index in [4.69, 9.17) is 9.84 Å². The molecule has 1 fully saturated rings. The van der Waals surface area contributed by atoms with Crippen LogP contribution in [0.2, 0.25) is 0 Å². The Kier molecular flexibility index (Phi) is 3.34. The van der Waals surface area contributed by atoms with Gasteiger partial charge in [-0.15, -0.1) is 0 Å². The van der Waals surface area contributed by atoms with Gasteiger partial charge in [-0.2, -0.15) is 0 Å². The fourth-order valence-electron chi connectivity index (χ4n) is 2.81. The van der Waals surface area contributed by atoms with Crippen molar-refractivity contribution in [2.45, 2.75) is 19.3 Å². The first-order valence-corrected chi connectivity index (χ1v) is 6.88. The van der Waals surface area contributed by atoms with E-state index >= 15 is 0 Å². The lowest BCUT2D eigenvalue weighted by Gasteiger charge is -2.16. The Balaban J connectivity index is 1.60. The van der Waals surface area contributed by atoms with Gasteiger partial charge in [0.15, 0.2) is 0 Å². The van der Waals surface area contributed by atoms with Gasteiger partial charge in [-0.25, -0.2) is 0 Å². The number of likely N-dealkylation sites (tertiary alicyclic amines) is 1. The lowest BCUT2D eigenvalue weighted by atomic mass is 10.1. The Morgan fingerprint density at radius 3 is 3.05 bits per heavy atom. The Hall–Kier alpha value is -2.04. The van der Waals surface area contributed by atoms with Crippen LogP contribution in [0.25, 0.3) is 0 Å². The summed E-state index contributed by atoms with van der Waals surface area (Å²) in [6.45, 7) is 1.66. The molecular weight excluding hydrogens is 258 g/mol. The fraction of sp³-hybridized carbons (Fsp3) is 0.467. The summed E-state index contributed by atoms with van der Waals surface area (Å²) in [7, 11) is 0. The van der Waals surface area contributed by atoms with E-state index in [1.807, 2.05) is 12.1 Å². The molecule has 1 unspecified atom stereocenters. The normalized spacial score (nSPS) is 20.9. The summed E-state index contributed by atoms with van der Waals surface area (Å²) in [5.74, 6) is -0.523. The van der Waals surface area contributed by atoms with Crippen LogP contribution in [0, 0.1) is 5.92 Å². The maximum absolute atomic E-state index is 11.7. The lowest BCUT2D eigenvalue weighted by molar-refractivity contribution is -0.141. The number of carbonyl (C=O) groups is 2. The Labute approximate surface area is 117 Å². The van der Waals surface area contributed by atoms with E-state index in [1.54, 1.807) is 4.90 Å². The van der Waals surface area contributed by atoms with Gasteiger partial charge in [-0.05, 0) is 23.6 Å². The van der Waals surface area contributed by atoms with Crippen molar-refractivity contribution < 1.29 is 19.4 Å². The van der Waals surface area contributed by atoms with Crippen molar-refractivity contribution in [1.82, 2.24) is 4.90 Å². The highest BCUT2D eigenvalue weighted by Crippen LogP contribution is 2.26. The summed E-state index contributed by atoms with van der Waals surface area (Å²) in [6.07, 6.45) is 1.83. The standard InChI is InChI=1S/C15H17NO4/c17-14-8-12(15(18)19)9-16(14)5-3-10-1-2-13-11(7-10)4-6-20-13/h1-2,7,12H,3-6,8-9H2,(H,18,19). The summed E-state index contributed by atoms with van der Waals surface area (Å²) in [5, 5.41) is 8.95. The smallest absolute Gasteiger partial charge is 0.308 e.